The SMILES string of the molecule is CNCc1ccc2c(c1)CCC(=O)N2CCCCl. The van der Waals surface area contributed by atoms with Crippen molar-refractivity contribution in [3.05, 3.63) is 29.3 Å². The van der Waals surface area contributed by atoms with Gasteiger partial charge in [0.05, 0.1) is 0 Å². The molecule has 3 nitrogen and oxygen atoms in total. The second-order valence-electron chi connectivity index (χ2n) is 4.58. The highest BCUT2D eigenvalue weighted by atomic mass is 35.5. The summed E-state index contributed by atoms with van der Waals surface area (Å²) in [5.74, 6) is 0.811. The Kier molecular flexibility index (Phi) is 4.61. The van der Waals surface area contributed by atoms with Crippen molar-refractivity contribution in [3.8, 4) is 0 Å². The molecule has 1 aromatic carbocycles. The van der Waals surface area contributed by atoms with Gasteiger partial charge in [-0.05, 0) is 37.1 Å². The van der Waals surface area contributed by atoms with E-state index in [0.29, 0.717) is 12.3 Å². The number of amides is 1. The molecule has 1 N–H and O–H groups in total. The van der Waals surface area contributed by atoms with Gasteiger partial charge >= 0.3 is 0 Å². The fraction of sp³-hybridized carbons (Fsp3) is 0.500. The summed E-state index contributed by atoms with van der Waals surface area (Å²) < 4.78 is 0. The van der Waals surface area contributed by atoms with E-state index in [1.165, 1.54) is 11.1 Å². The van der Waals surface area contributed by atoms with Gasteiger partial charge in [-0.3, -0.25) is 4.79 Å². The molecular weight excluding hydrogens is 248 g/mol. The fourth-order valence-electron chi connectivity index (χ4n) is 2.39. The Morgan fingerprint density at radius 2 is 2.22 bits per heavy atom. The number of benzene rings is 1. The molecule has 1 aromatic rings. The summed E-state index contributed by atoms with van der Waals surface area (Å²) in [6.45, 7) is 1.59. The third-order valence-electron chi connectivity index (χ3n) is 3.24. The zero-order valence-electron chi connectivity index (χ0n) is 10.7. The molecule has 1 aliphatic heterocycles. The van der Waals surface area contributed by atoms with E-state index in [9.17, 15) is 4.79 Å². The van der Waals surface area contributed by atoms with Crippen LogP contribution in [0.15, 0.2) is 18.2 Å². The molecule has 4 heteroatoms. The summed E-state index contributed by atoms with van der Waals surface area (Å²) in [6.07, 6.45) is 2.30. The monoisotopic (exact) mass is 266 g/mol. The minimum Gasteiger partial charge on any atom is -0.316 e. The molecule has 0 fully saturated rings. The summed E-state index contributed by atoms with van der Waals surface area (Å²) in [4.78, 5) is 13.8. The lowest BCUT2D eigenvalue weighted by atomic mass is 9.98. The first kappa shape index (κ1) is 13.4. The second-order valence-corrected chi connectivity index (χ2v) is 4.96. The van der Waals surface area contributed by atoms with E-state index in [-0.39, 0.29) is 5.91 Å². The molecule has 0 radical (unpaired) electrons. The van der Waals surface area contributed by atoms with Crippen LogP contribution >= 0.6 is 11.6 Å². The number of carbonyl (C=O) groups is 1. The topological polar surface area (TPSA) is 32.3 Å². The smallest absolute Gasteiger partial charge is 0.227 e. The molecule has 0 bridgehead atoms. The van der Waals surface area contributed by atoms with Crippen LogP contribution < -0.4 is 10.2 Å². The molecule has 98 valence electrons. The van der Waals surface area contributed by atoms with Crippen molar-refractivity contribution in [1.82, 2.24) is 5.32 Å². The fourth-order valence-corrected chi connectivity index (χ4v) is 2.51. The lowest BCUT2D eigenvalue weighted by Gasteiger charge is -2.29. The van der Waals surface area contributed by atoms with Crippen molar-refractivity contribution >= 4 is 23.2 Å². The van der Waals surface area contributed by atoms with E-state index in [2.05, 4.69) is 23.5 Å². The standard InChI is InChI=1S/C14H19ClN2O/c1-16-10-11-3-5-13-12(9-11)4-6-14(18)17(13)8-2-7-15/h3,5,9,16H,2,4,6-8,10H2,1H3. The number of hydrogen-bond acceptors (Lipinski definition) is 2. The normalized spacial score (nSPS) is 14.8. The first-order valence-corrected chi connectivity index (χ1v) is 6.92. The van der Waals surface area contributed by atoms with Crippen molar-refractivity contribution in [2.75, 3.05) is 24.4 Å². The number of anilines is 1. The van der Waals surface area contributed by atoms with Crippen molar-refractivity contribution < 1.29 is 4.79 Å². The molecule has 18 heavy (non-hydrogen) atoms. The van der Waals surface area contributed by atoms with Crippen LogP contribution in [-0.4, -0.2) is 25.4 Å². The summed E-state index contributed by atoms with van der Waals surface area (Å²) >= 11 is 5.72. The number of fused-ring (bicyclic) bond motifs is 1. The molecular formula is C14H19ClN2O. The Morgan fingerprint density at radius 3 is 2.94 bits per heavy atom. The van der Waals surface area contributed by atoms with Crippen LogP contribution in [0.1, 0.15) is 24.0 Å². The van der Waals surface area contributed by atoms with Gasteiger partial charge in [0.15, 0.2) is 0 Å². The molecule has 0 saturated carbocycles. The number of hydrogen-bond donors (Lipinski definition) is 1. The van der Waals surface area contributed by atoms with Crippen LogP contribution in [0.2, 0.25) is 0 Å². The highest BCUT2D eigenvalue weighted by Crippen LogP contribution is 2.28. The van der Waals surface area contributed by atoms with E-state index in [0.717, 1.165) is 31.6 Å². The molecule has 0 unspecified atom stereocenters. The Morgan fingerprint density at radius 1 is 1.39 bits per heavy atom. The average Bonchev–Trinajstić information content (AvgIpc) is 2.38. The van der Waals surface area contributed by atoms with Gasteiger partial charge in [-0.15, -0.1) is 11.6 Å². The van der Waals surface area contributed by atoms with Gasteiger partial charge in [0.1, 0.15) is 0 Å². The molecule has 0 spiro atoms. The maximum absolute atomic E-state index is 11.9. The molecule has 0 aliphatic carbocycles. The number of nitrogens with one attached hydrogen (secondary N) is 1. The Balaban J connectivity index is 2.24. The molecule has 1 aliphatic rings. The van der Waals surface area contributed by atoms with Gasteiger partial charge in [0.2, 0.25) is 5.91 Å². The second kappa shape index (κ2) is 6.21. The van der Waals surface area contributed by atoms with E-state index < -0.39 is 0 Å². The molecule has 1 amide bonds. The summed E-state index contributed by atoms with van der Waals surface area (Å²) in [7, 11) is 1.94. The summed E-state index contributed by atoms with van der Waals surface area (Å²) in [5.41, 5.74) is 3.61. The maximum Gasteiger partial charge on any atom is 0.227 e. The first-order chi connectivity index (χ1) is 8.76. The third-order valence-corrected chi connectivity index (χ3v) is 3.51. The van der Waals surface area contributed by atoms with E-state index in [1.54, 1.807) is 0 Å². The highest BCUT2D eigenvalue weighted by molar-refractivity contribution is 6.17. The van der Waals surface area contributed by atoms with Crippen LogP contribution in [0, 0.1) is 0 Å². The molecule has 0 atom stereocenters. The van der Waals surface area contributed by atoms with E-state index >= 15 is 0 Å². The van der Waals surface area contributed by atoms with Crippen molar-refractivity contribution in [2.24, 2.45) is 0 Å². The molecule has 1 heterocycles. The summed E-state index contributed by atoms with van der Waals surface area (Å²) in [6, 6.07) is 6.35. The van der Waals surface area contributed by atoms with Crippen molar-refractivity contribution in [3.63, 3.8) is 0 Å². The van der Waals surface area contributed by atoms with Gasteiger partial charge in [-0.25, -0.2) is 0 Å². The number of carbonyl (C=O) groups excluding carboxylic acids is 1. The van der Waals surface area contributed by atoms with Crippen molar-refractivity contribution in [1.29, 1.82) is 0 Å². The lowest BCUT2D eigenvalue weighted by Crippen LogP contribution is -2.36. The van der Waals surface area contributed by atoms with Gasteiger partial charge < -0.3 is 10.2 Å². The third kappa shape index (κ3) is 2.85. The minimum atomic E-state index is 0.217. The molecule has 0 saturated heterocycles. The minimum absolute atomic E-state index is 0.217. The Labute approximate surface area is 113 Å². The molecule has 2 rings (SSSR count). The number of nitrogens with zero attached hydrogens (tertiary/aromatic N) is 1. The van der Waals surface area contributed by atoms with Gasteiger partial charge in [0, 0.05) is 31.1 Å². The average molecular weight is 267 g/mol. The largest absolute Gasteiger partial charge is 0.316 e. The number of alkyl halides is 1. The van der Waals surface area contributed by atoms with Crippen LogP contribution in [-0.2, 0) is 17.8 Å². The Bertz CT molecular complexity index is 434. The summed E-state index contributed by atoms with van der Waals surface area (Å²) in [5, 5.41) is 3.15. The van der Waals surface area contributed by atoms with Gasteiger partial charge in [0.25, 0.3) is 0 Å². The van der Waals surface area contributed by atoms with E-state index in [4.69, 9.17) is 11.6 Å². The quantitative estimate of drug-likeness (QED) is 0.830. The van der Waals surface area contributed by atoms with Crippen LogP contribution in [0.4, 0.5) is 5.69 Å². The number of rotatable bonds is 5. The lowest BCUT2D eigenvalue weighted by molar-refractivity contribution is -0.118. The van der Waals surface area contributed by atoms with Crippen molar-refractivity contribution in [2.45, 2.75) is 25.8 Å². The van der Waals surface area contributed by atoms with Crippen LogP contribution in [0.3, 0.4) is 0 Å². The molecule has 0 aromatic heterocycles. The predicted molar refractivity (Wildman–Crippen MR) is 75.2 cm³/mol. The zero-order valence-corrected chi connectivity index (χ0v) is 11.5. The highest BCUT2D eigenvalue weighted by Gasteiger charge is 2.23. The number of aryl methyl sites for hydroxylation is 1. The Hall–Kier alpha value is -1.06. The first-order valence-electron chi connectivity index (χ1n) is 6.39. The maximum atomic E-state index is 11.9. The van der Waals surface area contributed by atoms with Gasteiger partial charge in [-0.2, -0.15) is 0 Å². The van der Waals surface area contributed by atoms with E-state index in [1.807, 2.05) is 11.9 Å². The predicted octanol–water partition coefficient (Wildman–Crippen LogP) is 2.31. The zero-order chi connectivity index (χ0) is 13.0. The number of halogens is 1. The van der Waals surface area contributed by atoms with Crippen LogP contribution in [0.5, 0.6) is 0 Å². The van der Waals surface area contributed by atoms with Crippen LogP contribution in [0.25, 0.3) is 0 Å². The van der Waals surface area contributed by atoms with Gasteiger partial charge in [-0.1, -0.05) is 12.1 Å².